The second-order valence-electron chi connectivity index (χ2n) is 5.45. The first-order chi connectivity index (χ1) is 14.7. The van der Waals surface area contributed by atoms with Crippen LogP contribution >= 0.6 is 0 Å². The highest BCUT2D eigenvalue weighted by Gasteiger charge is 2.26. The van der Waals surface area contributed by atoms with Crippen LogP contribution in [0.2, 0.25) is 0 Å². The molecule has 0 atom stereocenters. The lowest BCUT2D eigenvalue weighted by Crippen LogP contribution is -2.35. The molecule has 0 heterocycles. The number of quaternary nitrogens is 1. The zero-order valence-corrected chi connectivity index (χ0v) is 16.8. The minimum absolute atomic E-state index is 0.221. The first-order valence-corrected chi connectivity index (χ1v) is 7.89. The second-order valence-corrected chi connectivity index (χ2v) is 5.45. The number of rotatable bonds is 9. The van der Waals surface area contributed by atoms with Gasteiger partial charge < -0.3 is 15.2 Å². The second kappa shape index (κ2) is 20.9. The van der Waals surface area contributed by atoms with Crippen LogP contribution < -0.4 is 5.32 Å². The molecular formula is C13H21F14N3O3. The van der Waals surface area contributed by atoms with E-state index in [0.717, 1.165) is 0 Å². The van der Waals surface area contributed by atoms with Gasteiger partial charge >= 0.3 is 38.7 Å². The van der Waals surface area contributed by atoms with Crippen molar-refractivity contribution in [1.82, 2.24) is 10.2 Å². The molecule has 0 bridgehead atoms. The van der Waals surface area contributed by atoms with Gasteiger partial charge in [-0.1, -0.05) is 0 Å². The number of nitrogens with one attached hydrogen (secondary N) is 1. The number of ether oxygens (including phenoxy) is 1. The minimum Gasteiger partial charge on any atom is -0.633 e. The Hall–Kier alpha value is -1.67. The van der Waals surface area contributed by atoms with Gasteiger partial charge in [-0.05, 0) is 0 Å². The molecule has 20 heteroatoms. The van der Waals surface area contributed by atoms with Crippen molar-refractivity contribution in [2.24, 2.45) is 0 Å². The van der Waals surface area contributed by atoms with E-state index >= 15 is 0 Å². The number of carbonyl (C=O) groups excluding carboxylic acids is 1. The fraction of sp³-hybridized carbons (Fsp3) is 0.923. The highest BCUT2D eigenvalue weighted by Crippen LogP contribution is 2.13. The number of alkyl halides is 13. The molecule has 0 aliphatic rings. The lowest BCUT2D eigenvalue weighted by molar-refractivity contribution is -0.840. The number of halogens is 14. The van der Waals surface area contributed by atoms with Crippen molar-refractivity contribution in [1.29, 1.82) is 0 Å². The molecule has 0 aliphatic heterocycles. The standard InChI is InChI=1S/C6H13FN2O2.C3H4F5N.C2H2F4O.C2H2F4/c1-9(2,11)5-3-4-8-6(7)10;4-1-9(2(5)6)3(7)8;3-1(4)7-2(5)6;3-1-2(4,5)6/h3-5H2,1-2H3,(H,8,10);2-3H,1H2;1-2H;1H2. The molecule has 33 heavy (non-hydrogen) atoms. The van der Waals surface area contributed by atoms with Gasteiger partial charge in [-0.15, -0.1) is 4.39 Å². The molecule has 0 aromatic rings. The summed E-state index contributed by atoms with van der Waals surface area (Å²) < 4.78 is 153. The molecule has 0 saturated carbocycles. The Balaban J connectivity index is -0.000000175. The van der Waals surface area contributed by atoms with E-state index in [1.807, 2.05) is 5.32 Å². The Kier molecular flexibility index (Phi) is 24.4. The molecule has 0 aromatic carbocycles. The summed E-state index contributed by atoms with van der Waals surface area (Å²) >= 11 is 0. The number of hydrogen-bond acceptors (Lipinski definition) is 4. The van der Waals surface area contributed by atoms with E-state index < -0.39 is 61.7 Å². The average molecular weight is 533 g/mol. The Bertz CT molecular complexity index is 436. The predicted octanol–water partition coefficient (Wildman–Crippen LogP) is 5.26. The van der Waals surface area contributed by atoms with Crippen molar-refractivity contribution < 1.29 is 75.6 Å². The molecule has 0 aliphatic carbocycles. The Morgan fingerprint density at radius 2 is 1.33 bits per heavy atom. The summed E-state index contributed by atoms with van der Waals surface area (Å²) in [6.07, 6.45) is -5.67. The van der Waals surface area contributed by atoms with Crippen LogP contribution in [0, 0.1) is 5.21 Å². The number of amides is 1. The van der Waals surface area contributed by atoms with Crippen LogP contribution in [0.4, 0.5) is 66.3 Å². The van der Waals surface area contributed by atoms with Gasteiger partial charge in [0.15, 0.2) is 13.5 Å². The third kappa shape index (κ3) is 44.7. The van der Waals surface area contributed by atoms with Crippen LogP contribution in [0.1, 0.15) is 6.42 Å². The molecule has 204 valence electrons. The molecule has 0 saturated heterocycles. The zero-order valence-electron chi connectivity index (χ0n) is 16.8. The summed E-state index contributed by atoms with van der Waals surface area (Å²) in [7, 11) is 2.99. The van der Waals surface area contributed by atoms with Crippen LogP contribution in [0.25, 0.3) is 0 Å². The van der Waals surface area contributed by atoms with Crippen LogP contribution in [0.15, 0.2) is 0 Å². The van der Waals surface area contributed by atoms with Gasteiger partial charge in [0, 0.05) is 13.0 Å². The quantitative estimate of drug-likeness (QED) is 0.110. The Labute approximate surface area is 178 Å². The van der Waals surface area contributed by atoms with Gasteiger partial charge in [0.05, 0.1) is 20.6 Å². The lowest BCUT2D eigenvalue weighted by Gasteiger charge is -2.33. The van der Waals surface area contributed by atoms with Crippen molar-refractivity contribution in [2.75, 3.05) is 40.7 Å². The monoisotopic (exact) mass is 533 g/mol. The summed E-state index contributed by atoms with van der Waals surface area (Å²) in [5.74, 6) is 0. The highest BCUT2D eigenvalue weighted by molar-refractivity contribution is 5.65. The summed E-state index contributed by atoms with van der Waals surface area (Å²) in [5, 5.41) is 12.8. The summed E-state index contributed by atoms with van der Waals surface area (Å²) in [6.45, 7) is -17.1. The van der Waals surface area contributed by atoms with Gasteiger partial charge in [-0.3, -0.25) is 4.74 Å². The minimum atomic E-state index is -4.62. The first-order valence-electron chi connectivity index (χ1n) is 7.89. The summed E-state index contributed by atoms with van der Waals surface area (Å²) in [4.78, 5) is 8.83. The first kappa shape index (κ1) is 38.6. The molecule has 0 fully saturated rings. The maximum Gasteiger partial charge on any atom is 0.416 e. The molecular weight excluding hydrogens is 512 g/mol. The molecule has 0 rings (SSSR count). The number of nitrogens with zero attached hydrogens (tertiary/aromatic N) is 2. The maximum atomic E-state index is 11.5. The van der Waals surface area contributed by atoms with E-state index in [2.05, 4.69) is 4.74 Å². The van der Waals surface area contributed by atoms with E-state index in [0.29, 0.717) is 13.0 Å². The number of hydrogen-bond donors (Lipinski definition) is 1. The fourth-order valence-corrected chi connectivity index (χ4v) is 0.914. The predicted molar refractivity (Wildman–Crippen MR) is 84.4 cm³/mol. The third-order valence-corrected chi connectivity index (χ3v) is 2.13. The maximum absolute atomic E-state index is 11.5. The normalized spacial score (nSPS) is 11.6. The molecule has 1 N–H and O–H groups in total. The van der Waals surface area contributed by atoms with E-state index in [1.165, 1.54) is 14.1 Å². The van der Waals surface area contributed by atoms with E-state index in [-0.39, 0.29) is 6.54 Å². The molecule has 0 unspecified atom stereocenters. The van der Waals surface area contributed by atoms with Gasteiger partial charge in [-0.25, -0.2) is 13.6 Å². The Morgan fingerprint density at radius 1 is 0.970 bits per heavy atom. The van der Waals surface area contributed by atoms with Gasteiger partial charge in [0.1, 0.15) is 0 Å². The van der Waals surface area contributed by atoms with E-state index in [4.69, 9.17) is 0 Å². The van der Waals surface area contributed by atoms with E-state index in [1.54, 1.807) is 0 Å². The van der Waals surface area contributed by atoms with Gasteiger partial charge in [0.25, 0.3) is 0 Å². The average Bonchev–Trinajstić information content (AvgIpc) is 2.57. The van der Waals surface area contributed by atoms with Crippen LogP contribution in [0.3, 0.4) is 0 Å². The Morgan fingerprint density at radius 3 is 1.45 bits per heavy atom. The third-order valence-electron chi connectivity index (χ3n) is 2.13. The van der Waals surface area contributed by atoms with Crippen molar-refractivity contribution in [3.63, 3.8) is 0 Å². The number of hydroxylamine groups is 3. The molecule has 0 radical (unpaired) electrons. The lowest BCUT2D eigenvalue weighted by atomic mass is 10.4. The summed E-state index contributed by atoms with van der Waals surface area (Å²) in [5.41, 5.74) is 0. The van der Waals surface area contributed by atoms with Crippen LogP contribution in [0.5, 0.6) is 0 Å². The molecule has 1 amide bonds. The molecule has 0 aromatic heterocycles. The number of carbonyl (C=O) groups is 1. The highest BCUT2D eigenvalue weighted by atomic mass is 19.4. The van der Waals surface area contributed by atoms with E-state index in [9.17, 15) is 71.5 Å². The van der Waals surface area contributed by atoms with Crippen molar-refractivity contribution in [2.45, 2.75) is 38.9 Å². The smallest absolute Gasteiger partial charge is 0.416 e. The molecule has 0 spiro atoms. The zero-order chi connectivity index (χ0) is 27.4. The van der Waals surface area contributed by atoms with Crippen LogP contribution in [-0.4, -0.2) is 88.9 Å². The largest absolute Gasteiger partial charge is 0.633 e. The van der Waals surface area contributed by atoms with Crippen molar-refractivity contribution in [3.8, 4) is 0 Å². The van der Waals surface area contributed by atoms with Gasteiger partial charge in [-0.2, -0.15) is 53.2 Å². The van der Waals surface area contributed by atoms with Gasteiger partial charge in [0.2, 0.25) is 0 Å². The SMILES string of the molecule is C[N+](C)([O-])CCCNC(=O)F.FC(F)OC(F)F.FCC(F)(F)F.FCN(C(F)F)C(F)F. The van der Waals surface area contributed by atoms with Crippen LogP contribution in [-0.2, 0) is 4.74 Å². The van der Waals surface area contributed by atoms with Crippen molar-refractivity contribution in [3.05, 3.63) is 5.21 Å². The van der Waals surface area contributed by atoms with Crippen molar-refractivity contribution >= 4 is 6.16 Å². The summed E-state index contributed by atoms with van der Waals surface area (Å²) in [6, 6.07) is 0. The fourth-order valence-electron chi connectivity index (χ4n) is 0.914. The molecule has 6 nitrogen and oxygen atoms in total. The topological polar surface area (TPSA) is 64.6 Å².